The highest BCUT2D eigenvalue weighted by molar-refractivity contribution is 5.86. The lowest BCUT2D eigenvalue weighted by Gasteiger charge is -2.33. The van der Waals surface area contributed by atoms with Crippen molar-refractivity contribution >= 4 is 11.9 Å². The van der Waals surface area contributed by atoms with E-state index in [2.05, 4.69) is 0 Å². The number of hydrogen-bond donors (Lipinski definition) is 0. The van der Waals surface area contributed by atoms with Crippen molar-refractivity contribution in [3.8, 4) is 0 Å². The standard InChI is InChI=1S/C13H15NO3/c1-10(15)12-7-8-17-13(16)14(12)9-11-5-3-2-4-6-11/h2-6,12H,7-9H2,1H3/t12-/m0/s1. The predicted molar refractivity (Wildman–Crippen MR) is 62.4 cm³/mol. The third kappa shape index (κ3) is 2.64. The Balaban J connectivity index is 2.15. The molecule has 1 aliphatic rings. The van der Waals surface area contributed by atoms with Gasteiger partial charge in [-0.05, 0) is 12.5 Å². The lowest BCUT2D eigenvalue weighted by atomic mass is 10.1. The van der Waals surface area contributed by atoms with Crippen molar-refractivity contribution in [3.63, 3.8) is 0 Å². The molecule has 0 unspecified atom stereocenters. The van der Waals surface area contributed by atoms with Gasteiger partial charge in [-0.15, -0.1) is 0 Å². The number of amides is 1. The Kier molecular flexibility index (Phi) is 3.42. The van der Waals surface area contributed by atoms with Crippen LogP contribution in [0.5, 0.6) is 0 Å². The first-order valence-electron chi connectivity index (χ1n) is 5.66. The molecule has 1 aliphatic heterocycles. The number of Topliss-reactive ketones (excluding diaryl/α,β-unsaturated/α-hetero) is 1. The molecule has 1 atom stereocenters. The second-order valence-corrected chi connectivity index (χ2v) is 4.14. The monoisotopic (exact) mass is 233 g/mol. The highest BCUT2D eigenvalue weighted by Gasteiger charge is 2.32. The smallest absolute Gasteiger partial charge is 0.410 e. The van der Waals surface area contributed by atoms with Crippen molar-refractivity contribution in [3.05, 3.63) is 35.9 Å². The number of benzene rings is 1. The highest BCUT2D eigenvalue weighted by Crippen LogP contribution is 2.17. The zero-order valence-corrected chi connectivity index (χ0v) is 9.76. The first-order chi connectivity index (χ1) is 8.18. The van der Waals surface area contributed by atoms with Gasteiger partial charge < -0.3 is 4.74 Å². The molecule has 2 rings (SSSR count). The molecule has 0 saturated carbocycles. The molecule has 4 nitrogen and oxygen atoms in total. The van der Waals surface area contributed by atoms with Crippen LogP contribution in [0.1, 0.15) is 18.9 Å². The molecule has 0 spiro atoms. The van der Waals surface area contributed by atoms with Gasteiger partial charge in [-0.3, -0.25) is 9.69 Å². The van der Waals surface area contributed by atoms with E-state index in [-0.39, 0.29) is 11.8 Å². The summed E-state index contributed by atoms with van der Waals surface area (Å²) in [6, 6.07) is 9.25. The fraction of sp³-hybridized carbons (Fsp3) is 0.385. The Morgan fingerprint density at radius 2 is 2.12 bits per heavy atom. The molecule has 90 valence electrons. The van der Waals surface area contributed by atoms with E-state index in [9.17, 15) is 9.59 Å². The average Bonchev–Trinajstić information content (AvgIpc) is 2.33. The van der Waals surface area contributed by atoms with E-state index in [0.29, 0.717) is 19.6 Å². The molecule has 4 heteroatoms. The summed E-state index contributed by atoms with van der Waals surface area (Å²) in [4.78, 5) is 24.7. The van der Waals surface area contributed by atoms with Crippen LogP contribution in [-0.4, -0.2) is 29.4 Å². The van der Waals surface area contributed by atoms with Crippen molar-refractivity contribution in [1.82, 2.24) is 4.90 Å². The fourth-order valence-electron chi connectivity index (χ4n) is 2.00. The third-order valence-electron chi connectivity index (χ3n) is 2.89. The lowest BCUT2D eigenvalue weighted by Crippen LogP contribution is -2.48. The summed E-state index contributed by atoms with van der Waals surface area (Å²) in [6.07, 6.45) is 0.175. The van der Waals surface area contributed by atoms with Crippen LogP contribution < -0.4 is 0 Å². The minimum atomic E-state index is -0.402. The van der Waals surface area contributed by atoms with Gasteiger partial charge in [0.2, 0.25) is 0 Å². The molecular formula is C13H15NO3. The third-order valence-corrected chi connectivity index (χ3v) is 2.89. The van der Waals surface area contributed by atoms with Gasteiger partial charge in [-0.2, -0.15) is 0 Å². The Bertz CT molecular complexity index is 416. The molecule has 0 aromatic heterocycles. The lowest BCUT2D eigenvalue weighted by molar-refractivity contribution is -0.124. The molecule has 1 aromatic rings. The van der Waals surface area contributed by atoms with Crippen molar-refractivity contribution in [2.24, 2.45) is 0 Å². The number of hydrogen-bond acceptors (Lipinski definition) is 3. The summed E-state index contributed by atoms with van der Waals surface area (Å²) >= 11 is 0. The normalized spacial score (nSPS) is 19.9. The highest BCUT2D eigenvalue weighted by atomic mass is 16.6. The Hall–Kier alpha value is -1.84. The largest absolute Gasteiger partial charge is 0.449 e. The van der Waals surface area contributed by atoms with Gasteiger partial charge in [0, 0.05) is 13.0 Å². The molecule has 1 saturated heterocycles. The molecule has 0 bridgehead atoms. The summed E-state index contributed by atoms with van der Waals surface area (Å²) in [5, 5.41) is 0. The van der Waals surface area contributed by atoms with Crippen molar-refractivity contribution < 1.29 is 14.3 Å². The Morgan fingerprint density at radius 3 is 2.76 bits per heavy atom. The maximum absolute atomic E-state index is 11.7. The van der Waals surface area contributed by atoms with Gasteiger partial charge >= 0.3 is 6.09 Å². The van der Waals surface area contributed by atoms with Crippen LogP contribution in [0.3, 0.4) is 0 Å². The van der Waals surface area contributed by atoms with Crippen molar-refractivity contribution in [2.75, 3.05) is 6.61 Å². The molecule has 17 heavy (non-hydrogen) atoms. The molecule has 1 heterocycles. The summed E-state index contributed by atoms with van der Waals surface area (Å²) in [6.45, 7) is 2.26. The first kappa shape index (κ1) is 11.6. The van der Waals surface area contributed by atoms with Crippen LogP contribution in [0, 0.1) is 0 Å². The number of carbonyl (C=O) groups excluding carboxylic acids is 2. The molecule has 0 aliphatic carbocycles. The minimum absolute atomic E-state index is 0.0116. The fourth-order valence-corrected chi connectivity index (χ4v) is 2.00. The summed E-state index contributed by atoms with van der Waals surface area (Å²) in [5.74, 6) is 0.0116. The van der Waals surface area contributed by atoms with E-state index in [1.807, 2.05) is 30.3 Å². The van der Waals surface area contributed by atoms with Gasteiger partial charge in [0.1, 0.15) is 0 Å². The van der Waals surface area contributed by atoms with Crippen LogP contribution >= 0.6 is 0 Å². The summed E-state index contributed by atoms with van der Waals surface area (Å²) in [7, 11) is 0. The average molecular weight is 233 g/mol. The Labute approximate surface area is 100 Å². The van der Waals surface area contributed by atoms with Crippen molar-refractivity contribution in [1.29, 1.82) is 0 Å². The van der Waals surface area contributed by atoms with E-state index in [4.69, 9.17) is 4.74 Å². The molecule has 1 aromatic carbocycles. The van der Waals surface area contributed by atoms with Crippen LogP contribution in [0.4, 0.5) is 4.79 Å². The van der Waals surface area contributed by atoms with Crippen LogP contribution in [0.15, 0.2) is 30.3 Å². The Morgan fingerprint density at radius 1 is 1.41 bits per heavy atom. The van der Waals surface area contributed by atoms with Gasteiger partial charge in [0.15, 0.2) is 5.78 Å². The zero-order valence-electron chi connectivity index (χ0n) is 9.76. The SMILES string of the molecule is CC(=O)[C@@H]1CCOC(=O)N1Cc1ccccc1. The summed E-state index contributed by atoms with van der Waals surface area (Å²) < 4.78 is 4.98. The maximum Gasteiger partial charge on any atom is 0.410 e. The van der Waals surface area contributed by atoms with Crippen LogP contribution in [-0.2, 0) is 16.1 Å². The van der Waals surface area contributed by atoms with Gasteiger partial charge in [0.25, 0.3) is 0 Å². The minimum Gasteiger partial charge on any atom is -0.449 e. The van der Waals surface area contributed by atoms with Gasteiger partial charge in [-0.1, -0.05) is 30.3 Å². The van der Waals surface area contributed by atoms with Crippen molar-refractivity contribution in [2.45, 2.75) is 25.9 Å². The number of rotatable bonds is 3. The number of ether oxygens (including phenoxy) is 1. The predicted octanol–water partition coefficient (Wildman–Crippen LogP) is 1.99. The van der Waals surface area contributed by atoms with Crippen LogP contribution in [0.25, 0.3) is 0 Å². The second-order valence-electron chi connectivity index (χ2n) is 4.14. The quantitative estimate of drug-likeness (QED) is 0.802. The summed E-state index contributed by atoms with van der Waals surface area (Å²) in [5.41, 5.74) is 0.998. The molecular weight excluding hydrogens is 218 g/mol. The maximum atomic E-state index is 11.7. The van der Waals surface area contributed by atoms with E-state index in [1.165, 1.54) is 11.8 Å². The molecule has 1 amide bonds. The molecule has 0 N–H and O–H groups in total. The number of ketones is 1. The van der Waals surface area contributed by atoms with Gasteiger partial charge in [0.05, 0.1) is 12.6 Å². The first-order valence-corrected chi connectivity index (χ1v) is 5.66. The number of carbonyl (C=O) groups is 2. The number of nitrogens with zero attached hydrogens (tertiary/aromatic N) is 1. The molecule has 1 fully saturated rings. The molecule has 0 radical (unpaired) electrons. The van der Waals surface area contributed by atoms with E-state index in [1.54, 1.807) is 0 Å². The van der Waals surface area contributed by atoms with E-state index < -0.39 is 6.09 Å². The zero-order chi connectivity index (χ0) is 12.3. The van der Waals surface area contributed by atoms with Crippen LogP contribution in [0.2, 0.25) is 0 Å². The van der Waals surface area contributed by atoms with E-state index >= 15 is 0 Å². The van der Waals surface area contributed by atoms with E-state index in [0.717, 1.165) is 5.56 Å². The topological polar surface area (TPSA) is 46.6 Å². The number of cyclic esters (lactones) is 1. The van der Waals surface area contributed by atoms with Gasteiger partial charge in [-0.25, -0.2) is 4.79 Å². The second kappa shape index (κ2) is 4.99.